The molecule has 2 rings (SSSR count). The molecule has 1 aliphatic heterocycles. The number of carbonyl (C=O) groups is 1. The molecule has 0 aliphatic carbocycles. The van der Waals surface area contributed by atoms with Crippen LogP contribution in [0.2, 0.25) is 0 Å². The lowest BCUT2D eigenvalue weighted by Crippen LogP contribution is -2.40. The molecule has 0 saturated carbocycles. The minimum atomic E-state index is -2.90. The van der Waals surface area contributed by atoms with Crippen LogP contribution >= 0.6 is 11.3 Å². The van der Waals surface area contributed by atoms with Crippen LogP contribution < -0.4 is 11.1 Å². The van der Waals surface area contributed by atoms with Crippen LogP contribution in [0.4, 0.5) is 5.13 Å². The number of hydrogen-bond acceptors (Lipinski definition) is 6. The third kappa shape index (κ3) is 3.16. The second-order valence-corrected chi connectivity index (χ2v) is 7.16. The van der Waals surface area contributed by atoms with Gasteiger partial charge in [0, 0.05) is 11.4 Å². The molecule has 0 spiro atoms. The number of aromatic nitrogens is 1. The van der Waals surface area contributed by atoms with E-state index in [1.54, 1.807) is 5.38 Å². The van der Waals surface area contributed by atoms with E-state index in [9.17, 15) is 13.2 Å². The second-order valence-electron chi connectivity index (χ2n) is 3.97. The molecule has 0 radical (unpaired) electrons. The summed E-state index contributed by atoms with van der Waals surface area (Å²) in [6.07, 6.45) is 0.932. The molecule has 1 fully saturated rings. The predicted octanol–water partition coefficient (Wildman–Crippen LogP) is 0.0323. The quantitative estimate of drug-likeness (QED) is 0.793. The van der Waals surface area contributed by atoms with Crippen molar-refractivity contribution in [1.29, 1.82) is 0 Å². The maximum absolute atomic E-state index is 11.7. The maximum atomic E-state index is 11.7. The number of nitrogens with zero attached hydrogens (tertiary/aromatic N) is 1. The molecule has 3 N–H and O–H groups in total. The van der Waals surface area contributed by atoms with E-state index >= 15 is 0 Å². The van der Waals surface area contributed by atoms with Crippen molar-refractivity contribution in [3.8, 4) is 0 Å². The summed E-state index contributed by atoms with van der Waals surface area (Å²) in [6.45, 7) is 0. The first-order chi connectivity index (χ1) is 7.96. The molecule has 1 aromatic heterocycles. The first-order valence-electron chi connectivity index (χ1n) is 5.18. The molecule has 0 atom stereocenters. The lowest BCUT2D eigenvalue weighted by Gasteiger charge is -2.22. The van der Waals surface area contributed by atoms with E-state index < -0.39 is 9.84 Å². The zero-order valence-corrected chi connectivity index (χ0v) is 10.7. The Hall–Kier alpha value is -1.15. The molecule has 0 unspecified atom stereocenters. The average molecular weight is 275 g/mol. The standard InChI is InChI=1S/C9H13N3O3S2/c10-9-12-7(5-16-9)8(13)11-6-1-3-17(14,15)4-2-6/h5-6H,1-4H2,(H2,10,12)(H,11,13). The molecule has 1 saturated heterocycles. The van der Waals surface area contributed by atoms with E-state index in [1.165, 1.54) is 11.3 Å². The minimum absolute atomic E-state index is 0.0889. The van der Waals surface area contributed by atoms with Gasteiger partial charge in [-0.2, -0.15) is 0 Å². The van der Waals surface area contributed by atoms with Crippen molar-refractivity contribution < 1.29 is 13.2 Å². The first kappa shape index (κ1) is 12.3. The Kier molecular flexibility index (Phi) is 3.34. The lowest BCUT2D eigenvalue weighted by atomic mass is 10.1. The zero-order chi connectivity index (χ0) is 12.5. The number of hydrogen-bond donors (Lipinski definition) is 2. The molecule has 0 bridgehead atoms. The van der Waals surface area contributed by atoms with Crippen LogP contribution in [0.5, 0.6) is 0 Å². The Morgan fingerprint density at radius 2 is 2.12 bits per heavy atom. The Bertz CT molecular complexity index is 509. The van der Waals surface area contributed by atoms with Crippen LogP contribution in [0.1, 0.15) is 23.3 Å². The Balaban J connectivity index is 1.92. The number of thiazole rings is 1. The van der Waals surface area contributed by atoms with Crippen LogP contribution in [0.25, 0.3) is 0 Å². The number of nitrogens with one attached hydrogen (secondary N) is 1. The van der Waals surface area contributed by atoms with Gasteiger partial charge in [-0.1, -0.05) is 0 Å². The summed E-state index contributed by atoms with van der Waals surface area (Å²) in [5.74, 6) is -0.0175. The second kappa shape index (κ2) is 4.61. The normalized spacial score (nSPS) is 20.0. The number of carbonyl (C=O) groups excluding carboxylic acids is 1. The molecule has 17 heavy (non-hydrogen) atoms. The fourth-order valence-electron chi connectivity index (χ4n) is 1.69. The third-order valence-electron chi connectivity index (χ3n) is 2.64. The monoisotopic (exact) mass is 275 g/mol. The maximum Gasteiger partial charge on any atom is 0.271 e. The van der Waals surface area contributed by atoms with Crippen molar-refractivity contribution in [2.75, 3.05) is 17.2 Å². The van der Waals surface area contributed by atoms with Gasteiger partial charge in [-0.05, 0) is 12.8 Å². The van der Waals surface area contributed by atoms with Gasteiger partial charge in [0.2, 0.25) is 0 Å². The SMILES string of the molecule is Nc1nc(C(=O)NC2CCS(=O)(=O)CC2)cs1. The fourth-order valence-corrected chi connectivity index (χ4v) is 3.72. The largest absolute Gasteiger partial charge is 0.375 e. The van der Waals surface area contributed by atoms with Gasteiger partial charge in [-0.15, -0.1) is 11.3 Å². The predicted molar refractivity (Wildman–Crippen MR) is 65.7 cm³/mol. The van der Waals surface area contributed by atoms with E-state index in [-0.39, 0.29) is 23.5 Å². The highest BCUT2D eigenvalue weighted by molar-refractivity contribution is 7.91. The Labute approximate surface area is 103 Å². The number of nitrogens with two attached hydrogens (primary N) is 1. The molecule has 6 nitrogen and oxygen atoms in total. The number of rotatable bonds is 2. The van der Waals surface area contributed by atoms with Crippen LogP contribution in [-0.4, -0.2) is 36.9 Å². The van der Waals surface area contributed by atoms with E-state index in [4.69, 9.17) is 5.73 Å². The highest BCUT2D eigenvalue weighted by atomic mass is 32.2. The van der Waals surface area contributed by atoms with Gasteiger partial charge in [0.1, 0.15) is 15.5 Å². The topological polar surface area (TPSA) is 102 Å². The van der Waals surface area contributed by atoms with Crippen molar-refractivity contribution in [1.82, 2.24) is 10.3 Å². The van der Waals surface area contributed by atoms with Gasteiger partial charge in [-0.25, -0.2) is 13.4 Å². The number of anilines is 1. The van der Waals surface area contributed by atoms with Crippen LogP contribution in [-0.2, 0) is 9.84 Å². The van der Waals surface area contributed by atoms with Gasteiger partial charge in [-0.3, -0.25) is 4.79 Å². The summed E-state index contributed by atoms with van der Waals surface area (Å²) in [4.78, 5) is 15.6. The summed E-state index contributed by atoms with van der Waals surface area (Å²) in [7, 11) is -2.90. The Morgan fingerprint density at radius 3 is 2.65 bits per heavy atom. The molecule has 2 heterocycles. The average Bonchev–Trinajstić information content (AvgIpc) is 2.68. The lowest BCUT2D eigenvalue weighted by molar-refractivity contribution is 0.0930. The summed E-state index contributed by atoms with van der Waals surface area (Å²) in [5, 5.41) is 4.71. The highest BCUT2D eigenvalue weighted by Crippen LogP contribution is 2.14. The number of sulfone groups is 1. The van der Waals surface area contributed by atoms with Crippen molar-refractivity contribution in [3.63, 3.8) is 0 Å². The zero-order valence-electron chi connectivity index (χ0n) is 9.05. The van der Waals surface area contributed by atoms with Gasteiger partial charge in [0.15, 0.2) is 5.13 Å². The van der Waals surface area contributed by atoms with Gasteiger partial charge in [0.05, 0.1) is 11.5 Å². The summed E-state index contributed by atoms with van der Waals surface area (Å²) in [6, 6.07) is -0.0889. The van der Waals surface area contributed by atoms with Crippen molar-refractivity contribution in [2.45, 2.75) is 18.9 Å². The van der Waals surface area contributed by atoms with Crippen molar-refractivity contribution in [3.05, 3.63) is 11.1 Å². The summed E-state index contributed by atoms with van der Waals surface area (Å²) < 4.78 is 22.4. The molecule has 0 aromatic carbocycles. The molecule has 1 aliphatic rings. The minimum Gasteiger partial charge on any atom is -0.375 e. The number of nitrogen functional groups attached to an aromatic ring is 1. The summed E-state index contributed by atoms with van der Waals surface area (Å²) >= 11 is 1.20. The van der Waals surface area contributed by atoms with Crippen molar-refractivity contribution in [2.24, 2.45) is 0 Å². The smallest absolute Gasteiger partial charge is 0.271 e. The van der Waals surface area contributed by atoms with Gasteiger partial charge < -0.3 is 11.1 Å². The van der Waals surface area contributed by atoms with Crippen LogP contribution in [0.3, 0.4) is 0 Å². The Morgan fingerprint density at radius 1 is 1.47 bits per heavy atom. The van der Waals surface area contributed by atoms with Gasteiger partial charge in [0.25, 0.3) is 5.91 Å². The van der Waals surface area contributed by atoms with Gasteiger partial charge >= 0.3 is 0 Å². The number of amides is 1. The molecular formula is C9H13N3O3S2. The molecular weight excluding hydrogens is 262 g/mol. The first-order valence-corrected chi connectivity index (χ1v) is 7.89. The van der Waals surface area contributed by atoms with E-state index in [0.29, 0.717) is 23.7 Å². The third-order valence-corrected chi connectivity index (χ3v) is 5.03. The van der Waals surface area contributed by atoms with E-state index in [1.807, 2.05) is 0 Å². The molecule has 8 heteroatoms. The molecule has 1 aromatic rings. The fraction of sp³-hybridized carbons (Fsp3) is 0.556. The van der Waals surface area contributed by atoms with E-state index in [0.717, 1.165) is 0 Å². The highest BCUT2D eigenvalue weighted by Gasteiger charge is 2.25. The summed E-state index contributed by atoms with van der Waals surface area (Å²) in [5.41, 5.74) is 5.73. The van der Waals surface area contributed by atoms with Crippen molar-refractivity contribution >= 4 is 32.2 Å². The van der Waals surface area contributed by atoms with Crippen LogP contribution in [0, 0.1) is 0 Å². The molecule has 94 valence electrons. The molecule has 1 amide bonds. The van der Waals surface area contributed by atoms with Crippen LogP contribution in [0.15, 0.2) is 5.38 Å². The van der Waals surface area contributed by atoms with E-state index in [2.05, 4.69) is 10.3 Å².